The van der Waals surface area contributed by atoms with Gasteiger partial charge in [0.05, 0.1) is 5.69 Å². The highest BCUT2D eigenvalue weighted by atomic mass is 16.1. The van der Waals surface area contributed by atoms with Gasteiger partial charge in [-0.3, -0.25) is 14.7 Å². The molecule has 0 radical (unpaired) electrons. The van der Waals surface area contributed by atoms with Crippen LogP contribution in [0, 0.1) is 0 Å². The van der Waals surface area contributed by atoms with Gasteiger partial charge in [0.1, 0.15) is 0 Å². The van der Waals surface area contributed by atoms with Crippen molar-refractivity contribution in [1.82, 2.24) is 15.2 Å². The minimum absolute atomic E-state index is 0.145. The third-order valence-corrected chi connectivity index (χ3v) is 2.99. The lowest BCUT2D eigenvalue weighted by Crippen LogP contribution is -2.28. The molecule has 1 aromatic heterocycles. The number of hydrogen-bond acceptors (Lipinski definition) is 4. The Morgan fingerprint density at radius 2 is 2.39 bits per heavy atom. The third-order valence-electron chi connectivity index (χ3n) is 2.99. The zero-order valence-electron chi connectivity index (χ0n) is 10.8. The lowest BCUT2D eigenvalue weighted by molar-refractivity contribution is -0.120. The van der Waals surface area contributed by atoms with Crippen molar-refractivity contribution in [3.8, 4) is 0 Å². The predicted octanol–water partition coefficient (Wildman–Crippen LogP) is 0.835. The maximum Gasteiger partial charge on any atom is 0.221 e. The molecule has 0 aromatic carbocycles. The van der Waals surface area contributed by atoms with Crippen molar-refractivity contribution < 1.29 is 4.79 Å². The summed E-state index contributed by atoms with van der Waals surface area (Å²) in [7, 11) is 0. The molecule has 0 atom stereocenters. The van der Waals surface area contributed by atoms with E-state index in [1.807, 2.05) is 12.3 Å². The van der Waals surface area contributed by atoms with Crippen LogP contribution in [0.25, 0.3) is 0 Å². The molecule has 1 aliphatic heterocycles. The Kier molecular flexibility index (Phi) is 4.52. The normalized spacial score (nSPS) is 17.1. The minimum atomic E-state index is 0.145. The Hall–Kier alpha value is -1.62. The average molecular weight is 248 g/mol. The van der Waals surface area contributed by atoms with Crippen LogP contribution >= 0.6 is 0 Å². The summed E-state index contributed by atoms with van der Waals surface area (Å²) in [5.74, 6) is 0.145. The van der Waals surface area contributed by atoms with E-state index in [1.165, 1.54) is 0 Å². The number of rotatable bonds is 4. The van der Waals surface area contributed by atoms with Gasteiger partial charge in [-0.1, -0.05) is 0 Å². The SMILES string of the molecule is CCNc1ccnc(CN2CCNC(=O)CC2)c1. The molecule has 5 heteroatoms. The van der Waals surface area contributed by atoms with E-state index in [9.17, 15) is 4.79 Å². The zero-order chi connectivity index (χ0) is 12.8. The number of carbonyl (C=O) groups is 1. The molecule has 1 amide bonds. The van der Waals surface area contributed by atoms with E-state index in [-0.39, 0.29) is 5.91 Å². The fraction of sp³-hybridized carbons (Fsp3) is 0.538. The summed E-state index contributed by atoms with van der Waals surface area (Å²) >= 11 is 0. The Labute approximate surface area is 108 Å². The largest absolute Gasteiger partial charge is 0.385 e. The maximum absolute atomic E-state index is 11.3. The van der Waals surface area contributed by atoms with Gasteiger partial charge in [-0.2, -0.15) is 0 Å². The second-order valence-electron chi connectivity index (χ2n) is 4.44. The summed E-state index contributed by atoms with van der Waals surface area (Å²) in [6.07, 6.45) is 2.40. The van der Waals surface area contributed by atoms with Crippen molar-refractivity contribution >= 4 is 11.6 Å². The van der Waals surface area contributed by atoms with Crippen molar-refractivity contribution in [2.45, 2.75) is 19.9 Å². The monoisotopic (exact) mass is 248 g/mol. The lowest BCUT2D eigenvalue weighted by atomic mass is 10.3. The van der Waals surface area contributed by atoms with Crippen LogP contribution in [0.5, 0.6) is 0 Å². The van der Waals surface area contributed by atoms with Crippen LogP contribution in [0.4, 0.5) is 5.69 Å². The number of nitrogens with one attached hydrogen (secondary N) is 2. The minimum Gasteiger partial charge on any atom is -0.385 e. The standard InChI is InChI=1S/C13H20N4O/c1-2-14-11-3-5-15-12(9-11)10-17-7-4-13(18)16-6-8-17/h3,5,9H,2,4,6-8,10H2,1H3,(H,14,15)(H,16,18). The van der Waals surface area contributed by atoms with Gasteiger partial charge in [-0.15, -0.1) is 0 Å². The fourth-order valence-electron chi connectivity index (χ4n) is 2.08. The molecular formula is C13H20N4O. The fourth-order valence-corrected chi connectivity index (χ4v) is 2.08. The lowest BCUT2D eigenvalue weighted by Gasteiger charge is -2.18. The first-order valence-electron chi connectivity index (χ1n) is 6.46. The number of hydrogen-bond donors (Lipinski definition) is 2. The molecule has 2 rings (SSSR count). The first-order chi connectivity index (χ1) is 8.78. The summed E-state index contributed by atoms with van der Waals surface area (Å²) < 4.78 is 0. The van der Waals surface area contributed by atoms with Gasteiger partial charge in [-0.05, 0) is 19.1 Å². The number of carbonyl (C=O) groups excluding carboxylic acids is 1. The molecule has 0 aliphatic carbocycles. The van der Waals surface area contributed by atoms with Gasteiger partial charge in [-0.25, -0.2) is 0 Å². The summed E-state index contributed by atoms with van der Waals surface area (Å²) in [5.41, 5.74) is 2.15. The van der Waals surface area contributed by atoms with Gasteiger partial charge in [0.15, 0.2) is 0 Å². The number of anilines is 1. The summed E-state index contributed by atoms with van der Waals surface area (Å²) in [5, 5.41) is 6.16. The second-order valence-corrected chi connectivity index (χ2v) is 4.44. The molecule has 18 heavy (non-hydrogen) atoms. The Bertz CT molecular complexity index is 408. The Balaban J connectivity index is 1.95. The molecule has 98 valence electrons. The van der Waals surface area contributed by atoms with Crippen LogP contribution in [-0.2, 0) is 11.3 Å². The first kappa shape index (κ1) is 12.8. The first-order valence-corrected chi connectivity index (χ1v) is 6.46. The van der Waals surface area contributed by atoms with Crippen molar-refractivity contribution in [3.05, 3.63) is 24.0 Å². The van der Waals surface area contributed by atoms with E-state index in [4.69, 9.17) is 0 Å². The topological polar surface area (TPSA) is 57.3 Å². The molecule has 0 saturated carbocycles. The van der Waals surface area contributed by atoms with Crippen molar-refractivity contribution in [2.24, 2.45) is 0 Å². The Morgan fingerprint density at radius 1 is 1.50 bits per heavy atom. The van der Waals surface area contributed by atoms with E-state index >= 15 is 0 Å². The van der Waals surface area contributed by atoms with E-state index in [2.05, 4.69) is 33.5 Å². The van der Waals surface area contributed by atoms with E-state index < -0.39 is 0 Å². The van der Waals surface area contributed by atoms with Gasteiger partial charge in [0, 0.05) is 51.0 Å². The maximum atomic E-state index is 11.3. The number of aromatic nitrogens is 1. The highest BCUT2D eigenvalue weighted by molar-refractivity contribution is 5.76. The number of amides is 1. The predicted molar refractivity (Wildman–Crippen MR) is 71.3 cm³/mol. The molecule has 0 unspecified atom stereocenters. The molecule has 0 spiro atoms. The van der Waals surface area contributed by atoms with Crippen LogP contribution in [0.15, 0.2) is 18.3 Å². The van der Waals surface area contributed by atoms with Crippen LogP contribution in [0.2, 0.25) is 0 Å². The van der Waals surface area contributed by atoms with Crippen LogP contribution in [0.1, 0.15) is 19.0 Å². The summed E-state index contributed by atoms with van der Waals surface area (Å²) in [6, 6.07) is 4.05. The molecule has 1 fully saturated rings. The van der Waals surface area contributed by atoms with Gasteiger partial charge >= 0.3 is 0 Å². The third kappa shape index (κ3) is 3.70. The van der Waals surface area contributed by atoms with E-state index in [1.54, 1.807) is 0 Å². The molecule has 5 nitrogen and oxygen atoms in total. The highest BCUT2D eigenvalue weighted by Gasteiger charge is 2.13. The van der Waals surface area contributed by atoms with Gasteiger partial charge in [0.2, 0.25) is 5.91 Å². The van der Waals surface area contributed by atoms with Crippen LogP contribution in [-0.4, -0.2) is 42.0 Å². The summed E-state index contributed by atoms with van der Waals surface area (Å²) in [6.45, 7) is 6.20. The van der Waals surface area contributed by atoms with E-state index in [0.717, 1.165) is 44.1 Å². The highest BCUT2D eigenvalue weighted by Crippen LogP contribution is 2.10. The van der Waals surface area contributed by atoms with Gasteiger partial charge in [0.25, 0.3) is 0 Å². The molecule has 1 aliphatic rings. The average Bonchev–Trinajstić information content (AvgIpc) is 2.56. The van der Waals surface area contributed by atoms with Crippen molar-refractivity contribution in [2.75, 3.05) is 31.5 Å². The molecule has 1 saturated heterocycles. The smallest absolute Gasteiger partial charge is 0.221 e. The summed E-state index contributed by atoms with van der Waals surface area (Å²) in [4.78, 5) is 17.9. The van der Waals surface area contributed by atoms with Crippen LogP contribution in [0.3, 0.4) is 0 Å². The Morgan fingerprint density at radius 3 is 3.22 bits per heavy atom. The van der Waals surface area contributed by atoms with Gasteiger partial charge < -0.3 is 10.6 Å². The van der Waals surface area contributed by atoms with Crippen LogP contribution < -0.4 is 10.6 Å². The number of pyridine rings is 1. The molecule has 0 bridgehead atoms. The molecule has 2 heterocycles. The molecule has 1 aromatic rings. The second kappa shape index (κ2) is 6.35. The molecule has 2 N–H and O–H groups in total. The number of nitrogens with zero attached hydrogens (tertiary/aromatic N) is 2. The van der Waals surface area contributed by atoms with E-state index in [0.29, 0.717) is 6.42 Å². The van der Waals surface area contributed by atoms with Crippen molar-refractivity contribution in [1.29, 1.82) is 0 Å². The molecular weight excluding hydrogens is 228 g/mol. The quantitative estimate of drug-likeness (QED) is 0.829. The van der Waals surface area contributed by atoms with Crippen molar-refractivity contribution in [3.63, 3.8) is 0 Å². The zero-order valence-corrected chi connectivity index (χ0v) is 10.8.